The molecule has 1 atom stereocenters. The molecule has 3 aromatic rings. The van der Waals surface area contributed by atoms with Gasteiger partial charge in [-0.05, 0) is 29.8 Å². The van der Waals surface area contributed by atoms with Crippen molar-refractivity contribution in [3.8, 4) is 5.75 Å². The summed E-state index contributed by atoms with van der Waals surface area (Å²) < 4.78 is 5.65. The summed E-state index contributed by atoms with van der Waals surface area (Å²) in [5.74, 6) is 0.453. The van der Waals surface area contributed by atoms with Crippen LogP contribution in [-0.2, 0) is 4.79 Å². The molecule has 0 fully saturated rings. The normalized spacial score (nSPS) is 13.7. The molecule has 3 aromatic carbocycles. The van der Waals surface area contributed by atoms with E-state index in [0.29, 0.717) is 24.5 Å². The Morgan fingerprint density at radius 3 is 2.31 bits per heavy atom. The lowest BCUT2D eigenvalue weighted by atomic mass is 10.0. The van der Waals surface area contributed by atoms with Crippen molar-refractivity contribution in [1.29, 1.82) is 0 Å². The molecular weight excluding hydrogens is 364 g/mol. The Bertz CT molecular complexity index is 989. The predicted octanol–water partition coefficient (Wildman–Crippen LogP) is 3.97. The predicted molar refractivity (Wildman–Crippen MR) is 112 cm³/mol. The molecule has 0 aromatic heterocycles. The quantitative estimate of drug-likeness (QED) is 0.722. The average molecular weight is 386 g/mol. The van der Waals surface area contributed by atoms with Gasteiger partial charge in [-0.2, -0.15) is 0 Å². The van der Waals surface area contributed by atoms with Gasteiger partial charge in [-0.25, -0.2) is 0 Å². The highest BCUT2D eigenvalue weighted by Gasteiger charge is 2.27. The molecule has 5 nitrogen and oxygen atoms in total. The highest BCUT2D eigenvalue weighted by atomic mass is 16.5. The van der Waals surface area contributed by atoms with Crippen molar-refractivity contribution < 1.29 is 14.3 Å². The van der Waals surface area contributed by atoms with Crippen LogP contribution in [-0.4, -0.2) is 25.0 Å². The summed E-state index contributed by atoms with van der Waals surface area (Å²) in [6.45, 7) is 0.944. The van der Waals surface area contributed by atoms with E-state index in [4.69, 9.17) is 4.74 Å². The van der Waals surface area contributed by atoms with E-state index in [1.54, 1.807) is 17.0 Å². The molecule has 4 rings (SSSR count). The Labute approximate surface area is 169 Å². The summed E-state index contributed by atoms with van der Waals surface area (Å²) in [5, 5.41) is 3.03. The van der Waals surface area contributed by atoms with Crippen molar-refractivity contribution in [3.05, 3.63) is 96.1 Å². The van der Waals surface area contributed by atoms with Gasteiger partial charge in [0.15, 0.2) is 0 Å². The topological polar surface area (TPSA) is 58.6 Å². The van der Waals surface area contributed by atoms with Crippen LogP contribution in [0.5, 0.6) is 5.75 Å². The molecule has 0 saturated carbocycles. The van der Waals surface area contributed by atoms with Crippen molar-refractivity contribution >= 4 is 17.5 Å². The smallest absolute Gasteiger partial charge is 0.251 e. The van der Waals surface area contributed by atoms with Crippen LogP contribution in [0.3, 0.4) is 0 Å². The second-order valence-corrected chi connectivity index (χ2v) is 6.87. The van der Waals surface area contributed by atoms with Gasteiger partial charge in [-0.15, -0.1) is 0 Å². The minimum Gasteiger partial charge on any atom is -0.490 e. The van der Waals surface area contributed by atoms with Crippen molar-refractivity contribution in [2.45, 2.75) is 12.5 Å². The third-order valence-corrected chi connectivity index (χ3v) is 4.95. The van der Waals surface area contributed by atoms with E-state index in [2.05, 4.69) is 5.32 Å². The number of carbonyl (C=O) groups is 2. The fraction of sp³-hybridized carbons (Fsp3) is 0.167. The third kappa shape index (κ3) is 4.29. The zero-order chi connectivity index (χ0) is 20.1. The lowest BCUT2D eigenvalue weighted by Crippen LogP contribution is -2.40. The van der Waals surface area contributed by atoms with Crippen LogP contribution < -0.4 is 15.0 Å². The highest BCUT2D eigenvalue weighted by Crippen LogP contribution is 2.32. The van der Waals surface area contributed by atoms with E-state index in [1.807, 2.05) is 72.8 Å². The minimum atomic E-state index is -0.425. The van der Waals surface area contributed by atoms with Crippen LogP contribution >= 0.6 is 0 Å². The van der Waals surface area contributed by atoms with Crippen molar-refractivity contribution in [2.24, 2.45) is 0 Å². The van der Waals surface area contributed by atoms with Crippen LogP contribution in [0.4, 0.5) is 5.69 Å². The number of nitrogens with one attached hydrogen (secondary N) is 1. The molecule has 1 aliphatic rings. The molecule has 1 aliphatic heterocycles. The molecule has 0 bridgehead atoms. The first-order valence-electron chi connectivity index (χ1n) is 9.65. The molecule has 2 amide bonds. The van der Waals surface area contributed by atoms with E-state index < -0.39 is 6.04 Å². The number of carbonyl (C=O) groups excluding carboxylic acids is 2. The van der Waals surface area contributed by atoms with E-state index in [9.17, 15) is 9.59 Å². The minimum absolute atomic E-state index is 0.0528. The van der Waals surface area contributed by atoms with E-state index in [1.165, 1.54) is 0 Å². The summed E-state index contributed by atoms with van der Waals surface area (Å²) >= 11 is 0. The van der Waals surface area contributed by atoms with Gasteiger partial charge in [0.05, 0.1) is 24.7 Å². The van der Waals surface area contributed by atoms with Gasteiger partial charge < -0.3 is 15.0 Å². The second kappa shape index (κ2) is 8.61. The lowest BCUT2D eigenvalue weighted by molar-refractivity contribution is -0.119. The van der Waals surface area contributed by atoms with Gasteiger partial charge in [0, 0.05) is 5.56 Å². The molecule has 1 heterocycles. The lowest BCUT2D eigenvalue weighted by Gasteiger charge is -2.31. The molecule has 1 N–H and O–H groups in total. The van der Waals surface area contributed by atoms with Gasteiger partial charge >= 0.3 is 0 Å². The number of nitrogens with zero attached hydrogens (tertiary/aromatic N) is 1. The molecule has 0 aliphatic carbocycles. The number of fused-ring (bicyclic) bond motifs is 1. The molecule has 0 spiro atoms. The summed E-state index contributed by atoms with van der Waals surface area (Å²) in [4.78, 5) is 27.6. The molecule has 1 unspecified atom stereocenters. The first-order valence-corrected chi connectivity index (χ1v) is 9.65. The average Bonchev–Trinajstić information content (AvgIpc) is 2.79. The summed E-state index contributed by atoms with van der Waals surface area (Å²) in [6.07, 6.45) is 0.164. The summed E-state index contributed by atoms with van der Waals surface area (Å²) in [5.41, 5.74) is 2.23. The van der Waals surface area contributed by atoms with Crippen molar-refractivity contribution in [3.63, 3.8) is 0 Å². The number of amides is 2. The Hall–Kier alpha value is -3.60. The van der Waals surface area contributed by atoms with E-state index in [-0.39, 0.29) is 18.2 Å². The van der Waals surface area contributed by atoms with E-state index >= 15 is 0 Å². The Morgan fingerprint density at radius 1 is 0.897 bits per heavy atom. The molecule has 0 saturated heterocycles. The zero-order valence-electron chi connectivity index (χ0n) is 16.0. The maximum atomic E-state index is 13.2. The number of para-hydroxylation sites is 2. The van der Waals surface area contributed by atoms with Crippen LogP contribution in [0.15, 0.2) is 84.9 Å². The number of anilines is 1. The molecule has 0 radical (unpaired) electrons. The van der Waals surface area contributed by atoms with Crippen LogP contribution in [0.1, 0.15) is 28.4 Å². The number of hydrogen-bond acceptors (Lipinski definition) is 3. The summed E-state index contributed by atoms with van der Waals surface area (Å²) in [7, 11) is 0. The molecule has 29 heavy (non-hydrogen) atoms. The molecule has 5 heteroatoms. The first kappa shape index (κ1) is 18.7. The Kier molecular flexibility index (Phi) is 5.56. The highest BCUT2D eigenvalue weighted by molar-refractivity contribution is 5.97. The van der Waals surface area contributed by atoms with Gasteiger partial charge in [0.2, 0.25) is 5.91 Å². The standard InChI is InChI=1S/C24H22N2O3/c27-23(26-15-16-29-22-14-8-7-13-21(22)26)17-20(18-9-3-1-4-10-18)25-24(28)19-11-5-2-6-12-19/h1-14,20H,15-17H2,(H,25,28). The first-order chi connectivity index (χ1) is 14.2. The number of rotatable bonds is 5. The van der Waals surface area contributed by atoms with Gasteiger partial charge in [-0.1, -0.05) is 60.7 Å². The fourth-order valence-corrected chi connectivity index (χ4v) is 3.48. The van der Waals surface area contributed by atoms with Gasteiger partial charge in [-0.3, -0.25) is 9.59 Å². The Balaban J connectivity index is 1.56. The SMILES string of the molecule is O=C(NC(CC(=O)N1CCOc2ccccc21)c1ccccc1)c1ccccc1. The molecule has 146 valence electrons. The van der Waals surface area contributed by atoms with Crippen LogP contribution in [0.2, 0.25) is 0 Å². The molecular formula is C24H22N2O3. The largest absolute Gasteiger partial charge is 0.490 e. The maximum absolute atomic E-state index is 13.2. The summed E-state index contributed by atoms with van der Waals surface area (Å²) in [6, 6.07) is 25.7. The fourth-order valence-electron chi connectivity index (χ4n) is 3.48. The van der Waals surface area contributed by atoms with E-state index in [0.717, 1.165) is 11.3 Å². The number of benzene rings is 3. The maximum Gasteiger partial charge on any atom is 0.251 e. The van der Waals surface area contributed by atoms with Crippen LogP contribution in [0.25, 0.3) is 0 Å². The Morgan fingerprint density at radius 2 is 1.55 bits per heavy atom. The number of hydrogen-bond donors (Lipinski definition) is 1. The van der Waals surface area contributed by atoms with Gasteiger partial charge in [0.1, 0.15) is 12.4 Å². The monoisotopic (exact) mass is 386 g/mol. The van der Waals surface area contributed by atoms with Gasteiger partial charge in [0.25, 0.3) is 5.91 Å². The van der Waals surface area contributed by atoms with Crippen molar-refractivity contribution in [2.75, 3.05) is 18.1 Å². The van der Waals surface area contributed by atoms with Crippen LogP contribution in [0, 0.1) is 0 Å². The second-order valence-electron chi connectivity index (χ2n) is 6.87. The zero-order valence-corrected chi connectivity index (χ0v) is 16.0. The number of ether oxygens (including phenoxy) is 1. The van der Waals surface area contributed by atoms with Crippen molar-refractivity contribution in [1.82, 2.24) is 5.32 Å². The third-order valence-electron chi connectivity index (χ3n) is 4.95.